The van der Waals surface area contributed by atoms with E-state index >= 15 is 0 Å². The number of rotatable bonds is 3. The summed E-state index contributed by atoms with van der Waals surface area (Å²) in [5, 5.41) is 2.55. The van der Waals surface area contributed by atoms with Gasteiger partial charge in [-0.25, -0.2) is 4.98 Å². The molecule has 1 heterocycles. The van der Waals surface area contributed by atoms with Gasteiger partial charge >= 0.3 is 10.2 Å². The third-order valence-electron chi connectivity index (χ3n) is 1.90. The number of aromatic nitrogens is 1. The molecule has 8 heteroatoms. The zero-order valence-corrected chi connectivity index (χ0v) is 9.07. The molecule has 0 radical (unpaired) electrons. The Morgan fingerprint density at radius 3 is 2.73 bits per heavy atom. The highest BCUT2D eigenvalue weighted by atomic mass is 32.3. The molecule has 0 atom stereocenters. The third-order valence-corrected chi connectivity index (χ3v) is 4.04. The predicted molar refractivity (Wildman–Crippen MR) is 51.8 cm³/mol. The fourth-order valence-corrected chi connectivity index (χ4v) is 2.35. The van der Waals surface area contributed by atoms with Crippen LogP contribution in [0.3, 0.4) is 0 Å². The molecule has 2 rings (SSSR count). The molecule has 1 aromatic rings. The molecular weight excluding hydrogens is 243 g/mol. The van der Waals surface area contributed by atoms with E-state index in [0.717, 1.165) is 19.0 Å². The molecule has 0 spiro atoms. The summed E-state index contributed by atoms with van der Waals surface area (Å²) in [7, 11) is -4.72. The second-order valence-corrected chi connectivity index (χ2v) is 5.79. The first-order valence-electron chi connectivity index (χ1n) is 4.18. The number of thiazole rings is 1. The number of anilines is 1. The van der Waals surface area contributed by atoms with E-state index in [0.29, 0.717) is 11.3 Å². The van der Waals surface area contributed by atoms with Gasteiger partial charge in [-0.2, -0.15) is 8.42 Å². The van der Waals surface area contributed by atoms with Crippen molar-refractivity contribution < 1.29 is 17.1 Å². The van der Waals surface area contributed by atoms with Crippen molar-refractivity contribution in [2.75, 3.05) is 5.32 Å². The van der Waals surface area contributed by atoms with Gasteiger partial charge in [0.15, 0.2) is 9.34 Å². The standard InChI is InChI=1S/C7H7FN2O3S2/c8-15(12,13)5-3-9-7(14-5)10-6(11)4-1-2-4/h3-4H,1-2H2,(H,9,10,11). The van der Waals surface area contributed by atoms with Crippen LogP contribution in [0.4, 0.5) is 9.02 Å². The number of hydrogen-bond acceptors (Lipinski definition) is 5. The van der Waals surface area contributed by atoms with Crippen LogP contribution in [0.15, 0.2) is 10.4 Å². The monoisotopic (exact) mass is 250 g/mol. The van der Waals surface area contributed by atoms with E-state index in [1.54, 1.807) is 0 Å². The molecule has 5 nitrogen and oxygen atoms in total. The van der Waals surface area contributed by atoms with Gasteiger partial charge in [0.05, 0.1) is 6.20 Å². The molecule has 1 aliphatic carbocycles. The van der Waals surface area contributed by atoms with Gasteiger partial charge in [0.1, 0.15) is 0 Å². The van der Waals surface area contributed by atoms with E-state index in [4.69, 9.17) is 0 Å². The average molecular weight is 250 g/mol. The topological polar surface area (TPSA) is 76.1 Å². The maximum Gasteiger partial charge on any atom is 0.343 e. The highest BCUT2D eigenvalue weighted by Crippen LogP contribution is 2.31. The van der Waals surface area contributed by atoms with Gasteiger partial charge in [0.2, 0.25) is 5.91 Å². The Kier molecular flexibility index (Phi) is 2.47. The van der Waals surface area contributed by atoms with Gasteiger partial charge in [-0.05, 0) is 12.8 Å². The van der Waals surface area contributed by atoms with Crippen molar-refractivity contribution in [2.24, 2.45) is 5.92 Å². The van der Waals surface area contributed by atoms with E-state index in [-0.39, 0.29) is 17.0 Å². The summed E-state index contributed by atoms with van der Waals surface area (Å²) in [4.78, 5) is 14.8. The Bertz CT molecular complexity index is 492. The molecule has 0 unspecified atom stereocenters. The van der Waals surface area contributed by atoms with Crippen molar-refractivity contribution in [2.45, 2.75) is 17.1 Å². The van der Waals surface area contributed by atoms with Crippen molar-refractivity contribution in [3.05, 3.63) is 6.20 Å². The molecule has 1 fully saturated rings. The first-order chi connectivity index (χ1) is 6.97. The molecule has 1 aromatic heterocycles. The smallest absolute Gasteiger partial charge is 0.302 e. The largest absolute Gasteiger partial charge is 0.343 e. The number of nitrogens with one attached hydrogen (secondary N) is 1. The van der Waals surface area contributed by atoms with Gasteiger partial charge in [0, 0.05) is 5.92 Å². The lowest BCUT2D eigenvalue weighted by Crippen LogP contribution is -2.12. The Morgan fingerprint density at radius 2 is 2.27 bits per heavy atom. The third kappa shape index (κ3) is 2.51. The molecule has 1 saturated carbocycles. The molecule has 0 aliphatic heterocycles. The minimum absolute atomic E-state index is 0.000617. The van der Waals surface area contributed by atoms with Crippen LogP contribution in [0.2, 0.25) is 0 Å². The molecule has 0 aromatic carbocycles. The van der Waals surface area contributed by atoms with Crippen LogP contribution in [0.25, 0.3) is 0 Å². The molecule has 0 saturated heterocycles. The molecule has 1 amide bonds. The number of carbonyl (C=O) groups excluding carboxylic acids is 1. The lowest BCUT2D eigenvalue weighted by Gasteiger charge is -1.96. The Morgan fingerprint density at radius 1 is 1.60 bits per heavy atom. The van der Waals surface area contributed by atoms with Crippen LogP contribution in [0.5, 0.6) is 0 Å². The van der Waals surface area contributed by atoms with Crippen molar-refractivity contribution in [1.82, 2.24) is 4.98 Å². The predicted octanol–water partition coefficient (Wildman–Crippen LogP) is 1.15. The molecule has 82 valence electrons. The Hall–Kier alpha value is -1.02. The number of nitrogens with zero attached hydrogens (tertiary/aromatic N) is 1. The average Bonchev–Trinajstić information content (AvgIpc) is 2.86. The summed E-state index contributed by atoms with van der Waals surface area (Å²) in [6.07, 6.45) is 2.57. The zero-order chi connectivity index (χ0) is 11.1. The quantitative estimate of drug-likeness (QED) is 0.816. The zero-order valence-electron chi connectivity index (χ0n) is 7.44. The fraction of sp³-hybridized carbons (Fsp3) is 0.429. The molecule has 1 aliphatic rings. The lowest BCUT2D eigenvalue weighted by molar-refractivity contribution is -0.117. The molecule has 1 N–H and O–H groups in total. The Labute approximate surface area is 89.5 Å². The van der Waals surface area contributed by atoms with Crippen LogP contribution in [0.1, 0.15) is 12.8 Å². The molecular formula is C7H7FN2O3S2. The summed E-state index contributed by atoms with van der Waals surface area (Å²) in [6.45, 7) is 0. The van der Waals surface area contributed by atoms with Crippen molar-refractivity contribution in [3.8, 4) is 0 Å². The molecule has 0 bridgehead atoms. The van der Waals surface area contributed by atoms with E-state index in [2.05, 4.69) is 10.3 Å². The van der Waals surface area contributed by atoms with Crippen molar-refractivity contribution in [3.63, 3.8) is 0 Å². The first-order valence-corrected chi connectivity index (χ1v) is 6.38. The van der Waals surface area contributed by atoms with Crippen molar-refractivity contribution in [1.29, 1.82) is 0 Å². The van der Waals surface area contributed by atoms with Gasteiger partial charge in [-0.3, -0.25) is 4.79 Å². The van der Waals surface area contributed by atoms with Crippen molar-refractivity contribution >= 4 is 32.6 Å². The second-order valence-electron chi connectivity index (χ2n) is 3.19. The second kappa shape index (κ2) is 3.53. The summed E-state index contributed by atoms with van der Waals surface area (Å²) in [6, 6.07) is 0. The van der Waals surface area contributed by atoms with E-state index < -0.39 is 14.4 Å². The summed E-state index contributed by atoms with van der Waals surface area (Å²) in [5.74, 6) is -0.188. The van der Waals surface area contributed by atoms with E-state index in [9.17, 15) is 17.1 Å². The Balaban J connectivity index is 2.10. The minimum Gasteiger partial charge on any atom is -0.302 e. The minimum atomic E-state index is -4.72. The number of halogens is 1. The maximum absolute atomic E-state index is 12.5. The highest BCUT2D eigenvalue weighted by Gasteiger charge is 2.30. The van der Waals surface area contributed by atoms with E-state index in [1.165, 1.54) is 0 Å². The van der Waals surface area contributed by atoms with Crippen LogP contribution in [-0.2, 0) is 15.0 Å². The van der Waals surface area contributed by atoms with Crippen LogP contribution in [0, 0.1) is 5.92 Å². The highest BCUT2D eigenvalue weighted by molar-refractivity contribution is 7.88. The SMILES string of the molecule is O=C(Nc1ncc(S(=O)(=O)F)s1)C1CC1. The van der Waals surface area contributed by atoms with E-state index in [1.807, 2.05) is 0 Å². The van der Waals surface area contributed by atoms with Crippen LogP contribution in [-0.4, -0.2) is 19.3 Å². The number of hydrogen-bond donors (Lipinski definition) is 1. The lowest BCUT2D eigenvalue weighted by atomic mass is 10.4. The number of carbonyl (C=O) groups is 1. The summed E-state index contributed by atoms with van der Waals surface area (Å²) in [5.41, 5.74) is 0. The van der Waals surface area contributed by atoms with Gasteiger partial charge in [0.25, 0.3) is 0 Å². The van der Waals surface area contributed by atoms with Crippen LogP contribution < -0.4 is 5.32 Å². The van der Waals surface area contributed by atoms with Crippen LogP contribution >= 0.6 is 11.3 Å². The maximum atomic E-state index is 12.5. The normalized spacial score (nSPS) is 16.3. The summed E-state index contributed by atoms with van der Waals surface area (Å²) >= 11 is 0.607. The fourth-order valence-electron chi connectivity index (χ4n) is 0.983. The first kappa shape index (κ1) is 10.5. The van der Waals surface area contributed by atoms with Gasteiger partial charge in [-0.1, -0.05) is 15.2 Å². The number of amides is 1. The van der Waals surface area contributed by atoms with Gasteiger partial charge in [-0.15, -0.1) is 0 Å². The molecule has 15 heavy (non-hydrogen) atoms. The summed E-state index contributed by atoms with van der Waals surface area (Å²) < 4.78 is 32.9. The van der Waals surface area contributed by atoms with Gasteiger partial charge < -0.3 is 5.32 Å².